The first-order valence-electron chi connectivity index (χ1n) is 8.02. The van der Waals surface area contributed by atoms with E-state index in [9.17, 15) is 14.4 Å². The van der Waals surface area contributed by atoms with Gasteiger partial charge in [0.25, 0.3) is 5.91 Å². The molecule has 2 rings (SSSR count). The highest BCUT2D eigenvalue weighted by atomic mass is 32.1. The minimum absolute atomic E-state index is 0.0436. The molecule has 0 radical (unpaired) electrons. The molecule has 0 aliphatic heterocycles. The summed E-state index contributed by atoms with van der Waals surface area (Å²) >= 11 is 1.18. The van der Waals surface area contributed by atoms with Crippen molar-refractivity contribution in [2.24, 2.45) is 0 Å². The smallest absolute Gasteiger partial charge is 0.338 e. The SMILES string of the molecule is CCOC(=O)Cc1csc(NC(=O)COC(=O)c2cc(C)cc(C)c2)n1. The number of hydrogen-bond acceptors (Lipinski definition) is 7. The third-order valence-corrected chi connectivity index (χ3v) is 4.03. The summed E-state index contributed by atoms with van der Waals surface area (Å²) in [5.41, 5.74) is 2.80. The lowest BCUT2D eigenvalue weighted by molar-refractivity contribution is -0.142. The van der Waals surface area contributed by atoms with Crippen molar-refractivity contribution in [1.29, 1.82) is 0 Å². The van der Waals surface area contributed by atoms with E-state index >= 15 is 0 Å². The van der Waals surface area contributed by atoms with Gasteiger partial charge in [-0.3, -0.25) is 14.9 Å². The first-order chi connectivity index (χ1) is 12.4. The van der Waals surface area contributed by atoms with E-state index in [0.29, 0.717) is 23.0 Å². The first kappa shape index (κ1) is 19.6. The number of nitrogens with zero attached hydrogens (tertiary/aromatic N) is 1. The summed E-state index contributed by atoms with van der Waals surface area (Å²) in [6.07, 6.45) is 0.0436. The van der Waals surface area contributed by atoms with Gasteiger partial charge in [-0.1, -0.05) is 17.2 Å². The molecule has 8 heteroatoms. The number of nitrogens with one attached hydrogen (secondary N) is 1. The predicted octanol–water partition coefficient (Wildman–Crippen LogP) is 2.66. The molecule has 1 N–H and O–H groups in total. The third kappa shape index (κ3) is 5.96. The Morgan fingerprint density at radius 3 is 2.46 bits per heavy atom. The van der Waals surface area contributed by atoms with Crippen molar-refractivity contribution in [2.45, 2.75) is 27.2 Å². The molecule has 26 heavy (non-hydrogen) atoms. The van der Waals surface area contributed by atoms with E-state index in [-0.39, 0.29) is 12.4 Å². The summed E-state index contributed by atoms with van der Waals surface area (Å²) in [7, 11) is 0. The number of carbonyl (C=O) groups is 3. The Kier molecular flexibility index (Phi) is 6.85. The lowest BCUT2D eigenvalue weighted by atomic mass is 10.1. The number of hydrogen-bond donors (Lipinski definition) is 1. The number of anilines is 1. The van der Waals surface area contributed by atoms with Gasteiger partial charge in [-0.05, 0) is 32.9 Å². The minimum Gasteiger partial charge on any atom is -0.466 e. The number of thiazole rings is 1. The van der Waals surface area contributed by atoms with Gasteiger partial charge in [-0.25, -0.2) is 9.78 Å². The number of aryl methyl sites for hydroxylation is 2. The van der Waals surface area contributed by atoms with Gasteiger partial charge in [0.1, 0.15) is 0 Å². The molecule has 1 aromatic carbocycles. The van der Waals surface area contributed by atoms with E-state index in [0.717, 1.165) is 11.1 Å². The lowest BCUT2D eigenvalue weighted by Gasteiger charge is -2.06. The number of amides is 1. The van der Waals surface area contributed by atoms with Gasteiger partial charge in [0, 0.05) is 5.38 Å². The molecule has 1 aromatic heterocycles. The van der Waals surface area contributed by atoms with Crippen molar-refractivity contribution < 1.29 is 23.9 Å². The van der Waals surface area contributed by atoms with Crippen LogP contribution in [0.2, 0.25) is 0 Å². The number of carbonyl (C=O) groups excluding carboxylic acids is 3. The van der Waals surface area contributed by atoms with Gasteiger partial charge in [0.05, 0.1) is 24.3 Å². The number of esters is 2. The van der Waals surface area contributed by atoms with Gasteiger partial charge in [-0.2, -0.15) is 0 Å². The third-order valence-electron chi connectivity index (χ3n) is 3.22. The molecule has 2 aromatic rings. The van der Waals surface area contributed by atoms with Crippen LogP contribution in [0.4, 0.5) is 5.13 Å². The Bertz CT molecular complexity index is 795. The van der Waals surface area contributed by atoms with E-state index in [1.165, 1.54) is 11.3 Å². The van der Waals surface area contributed by atoms with Crippen LogP contribution >= 0.6 is 11.3 Å². The number of ether oxygens (including phenoxy) is 2. The molecule has 0 unspecified atom stereocenters. The molecule has 0 bridgehead atoms. The van der Waals surface area contributed by atoms with Crippen LogP contribution in [0.3, 0.4) is 0 Å². The summed E-state index contributed by atoms with van der Waals surface area (Å²) in [4.78, 5) is 39.5. The van der Waals surface area contributed by atoms with E-state index in [1.54, 1.807) is 24.4 Å². The van der Waals surface area contributed by atoms with Crippen molar-refractivity contribution in [3.63, 3.8) is 0 Å². The second kappa shape index (κ2) is 9.10. The summed E-state index contributed by atoms with van der Waals surface area (Å²) in [5, 5.41) is 4.53. The lowest BCUT2D eigenvalue weighted by Crippen LogP contribution is -2.21. The largest absolute Gasteiger partial charge is 0.466 e. The maximum absolute atomic E-state index is 12.0. The van der Waals surface area contributed by atoms with Crippen LogP contribution in [0, 0.1) is 13.8 Å². The molecular formula is C18H20N2O5S. The van der Waals surface area contributed by atoms with Crippen LogP contribution in [0.5, 0.6) is 0 Å². The zero-order chi connectivity index (χ0) is 19.1. The molecule has 138 valence electrons. The first-order valence-corrected chi connectivity index (χ1v) is 8.90. The maximum Gasteiger partial charge on any atom is 0.338 e. The molecule has 0 saturated heterocycles. The molecule has 1 amide bonds. The van der Waals surface area contributed by atoms with E-state index in [2.05, 4.69) is 10.3 Å². The van der Waals surface area contributed by atoms with Crippen LogP contribution in [0.15, 0.2) is 23.6 Å². The quantitative estimate of drug-likeness (QED) is 0.747. The Morgan fingerprint density at radius 1 is 1.12 bits per heavy atom. The fourth-order valence-electron chi connectivity index (χ4n) is 2.27. The van der Waals surface area contributed by atoms with Gasteiger partial charge in [-0.15, -0.1) is 11.3 Å². The molecule has 1 heterocycles. The molecule has 0 atom stereocenters. The molecule has 0 spiro atoms. The zero-order valence-corrected chi connectivity index (χ0v) is 15.6. The Balaban J connectivity index is 1.84. The molecule has 7 nitrogen and oxygen atoms in total. The highest BCUT2D eigenvalue weighted by molar-refractivity contribution is 7.13. The monoisotopic (exact) mass is 376 g/mol. The zero-order valence-electron chi connectivity index (χ0n) is 14.8. The van der Waals surface area contributed by atoms with Crippen LogP contribution in [0.1, 0.15) is 34.1 Å². The van der Waals surface area contributed by atoms with E-state index in [1.807, 2.05) is 19.9 Å². The topological polar surface area (TPSA) is 94.6 Å². The predicted molar refractivity (Wildman–Crippen MR) is 97.3 cm³/mol. The van der Waals surface area contributed by atoms with Crippen molar-refractivity contribution in [2.75, 3.05) is 18.5 Å². The van der Waals surface area contributed by atoms with Crippen LogP contribution in [-0.4, -0.2) is 36.0 Å². The summed E-state index contributed by atoms with van der Waals surface area (Å²) < 4.78 is 9.87. The van der Waals surface area contributed by atoms with Gasteiger partial charge in [0.2, 0.25) is 0 Å². The molecule has 0 aliphatic rings. The standard InChI is InChI=1S/C18H20N2O5S/c1-4-24-16(22)8-14-10-26-18(19-14)20-15(21)9-25-17(23)13-6-11(2)5-12(3)7-13/h5-7,10H,4,8-9H2,1-3H3,(H,19,20,21). The summed E-state index contributed by atoms with van der Waals surface area (Å²) in [6, 6.07) is 5.35. The van der Waals surface area contributed by atoms with Crippen LogP contribution < -0.4 is 5.32 Å². The fourth-order valence-corrected chi connectivity index (χ4v) is 2.99. The fraction of sp³-hybridized carbons (Fsp3) is 0.333. The molecule has 0 aliphatic carbocycles. The maximum atomic E-state index is 12.0. The van der Waals surface area contributed by atoms with Gasteiger partial charge >= 0.3 is 11.9 Å². The van der Waals surface area contributed by atoms with Crippen molar-refractivity contribution in [3.8, 4) is 0 Å². The second-order valence-corrected chi connectivity index (χ2v) is 6.48. The number of aromatic nitrogens is 1. The molecule has 0 fully saturated rings. The average molecular weight is 376 g/mol. The van der Waals surface area contributed by atoms with Crippen molar-refractivity contribution in [1.82, 2.24) is 4.98 Å². The Hall–Kier alpha value is -2.74. The Morgan fingerprint density at radius 2 is 1.81 bits per heavy atom. The van der Waals surface area contributed by atoms with Gasteiger partial charge < -0.3 is 9.47 Å². The Labute approximate surface area is 155 Å². The summed E-state index contributed by atoms with van der Waals surface area (Å²) in [5.74, 6) is -1.44. The summed E-state index contributed by atoms with van der Waals surface area (Å²) in [6.45, 7) is 5.38. The minimum atomic E-state index is -0.561. The highest BCUT2D eigenvalue weighted by Gasteiger charge is 2.13. The van der Waals surface area contributed by atoms with Crippen molar-refractivity contribution in [3.05, 3.63) is 46.0 Å². The normalized spacial score (nSPS) is 10.3. The van der Waals surface area contributed by atoms with E-state index in [4.69, 9.17) is 9.47 Å². The van der Waals surface area contributed by atoms with Crippen LogP contribution in [-0.2, 0) is 25.5 Å². The number of rotatable bonds is 7. The van der Waals surface area contributed by atoms with Gasteiger partial charge in [0.15, 0.2) is 11.7 Å². The second-order valence-electron chi connectivity index (χ2n) is 5.63. The van der Waals surface area contributed by atoms with Crippen LogP contribution in [0.25, 0.3) is 0 Å². The molecule has 0 saturated carbocycles. The van der Waals surface area contributed by atoms with Crippen molar-refractivity contribution >= 4 is 34.3 Å². The molecular weight excluding hydrogens is 356 g/mol. The number of benzene rings is 1. The van der Waals surface area contributed by atoms with E-state index < -0.39 is 18.5 Å². The average Bonchev–Trinajstić information content (AvgIpc) is 2.98. The highest BCUT2D eigenvalue weighted by Crippen LogP contribution is 2.16.